The van der Waals surface area contributed by atoms with Crippen LogP contribution in [0, 0.1) is 19.7 Å². The summed E-state index contributed by atoms with van der Waals surface area (Å²) in [6, 6.07) is 14.3. The van der Waals surface area contributed by atoms with Gasteiger partial charge in [0.25, 0.3) is 5.56 Å². The molecule has 0 atom stereocenters. The minimum Gasteiger partial charge on any atom is -0.333 e. The molecule has 5 nitrogen and oxygen atoms in total. The highest BCUT2D eigenvalue weighted by molar-refractivity contribution is 6.30. The quantitative estimate of drug-likeness (QED) is 0.249. The van der Waals surface area contributed by atoms with Crippen molar-refractivity contribution in [1.29, 1.82) is 0 Å². The number of fused-ring (bicyclic) bond motifs is 2. The number of benzene rings is 2. The van der Waals surface area contributed by atoms with E-state index in [0.29, 0.717) is 44.0 Å². The molecule has 1 N–H and O–H groups in total. The lowest BCUT2D eigenvalue weighted by Gasteiger charge is -2.13. The lowest BCUT2D eigenvalue weighted by molar-refractivity contribution is 0.101. The molecule has 0 unspecified atom stereocenters. The maximum Gasteiger partial charge on any atom is 0.255 e. The van der Waals surface area contributed by atoms with Gasteiger partial charge in [0.1, 0.15) is 11.0 Å². The smallest absolute Gasteiger partial charge is 0.255 e. The second kappa shape index (κ2) is 8.22. The van der Waals surface area contributed by atoms with Gasteiger partial charge in [0.15, 0.2) is 5.78 Å². The second-order valence-corrected chi connectivity index (χ2v) is 8.89. The molecule has 2 aromatic carbocycles. The summed E-state index contributed by atoms with van der Waals surface area (Å²) in [4.78, 5) is 32.9. The first kappa shape index (κ1) is 22.0. The van der Waals surface area contributed by atoms with E-state index in [1.165, 1.54) is 19.2 Å². The fraction of sp³-hybridized carbons (Fsp3) is 0.148. The molecular weight excluding hydrogens is 453 g/mol. The van der Waals surface area contributed by atoms with E-state index in [1.54, 1.807) is 29.7 Å². The molecule has 0 aliphatic heterocycles. The molecule has 0 amide bonds. The van der Waals surface area contributed by atoms with Crippen molar-refractivity contribution in [2.24, 2.45) is 0 Å². The van der Waals surface area contributed by atoms with Crippen molar-refractivity contribution in [2.75, 3.05) is 0 Å². The number of aryl methyl sites for hydroxylation is 2. The molecule has 0 saturated heterocycles. The summed E-state index contributed by atoms with van der Waals surface area (Å²) in [5, 5.41) is 1.84. The zero-order valence-corrected chi connectivity index (χ0v) is 19.6. The summed E-state index contributed by atoms with van der Waals surface area (Å²) in [6.45, 7) is 5.27. The van der Waals surface area contributed by atoms with Crippen LogP contribution in [-0.2, 0) is 6.54 Å². The van der Waals surface area contributed by atoms with Crippen LogP contribution in [-0.4, -0.2) is 20.3 Å². The van der Waals surface area contributed by atoms with Gasteiger partial charge in [-0.1, -0.05) is 23.7 Å². The fourth-order valence-corrected chi connectivity index (χ4v) is 4.68. The van der Waals surface area contributed by atoms with Crippen molar-refractivity contribution in [3.05, 3.63) is 98.4 Å². The molecule has 0 saturated carbocycles. The third-order valence-electron chi connectivity index (χ3n) is 6.09. The molecule has 7 heteroatoms. The lowest BCUT2D eigenvalue weighted by atomic mass is 10.0. The SMILES string of the molecule is CC(=O)c1c(-c2ccc[nH]c2=O)c2cc(C)c(F)cc2n1Cc1cc2ccc(C)cc2nc1Cl. The Bertz CT molecular complexity index is 1680. The van der Waals surface area contributed by atoms with Crippen LogP contribution in [0.3, 0.4) is 0 Å². The molecular formula is C27H21ClFN3O2. The highest BCUT2D eigenvalue weighted by Crippen LogP contribution is 2.36. The van der Waals surface area contributed by atoms with Crippen LogP contribution in [0.5, 0.6) is 0 Å². The normalized spacial score (nSPS) is 11.4. The van der Waals surface area contributed by atoms with E-state index >= 15 is 0 Å². The molecule has 170 valence electrons. The number of ketones is 1. The lowest BCUT2D eigenvalue weighted by Crippen LogP contribution is -2.12. The maximum atomic E-state index is 14.7. The van der Waals surface area contributed by atoms with E-state index in [2.05, 4.69) is 9.97 Å². The van der Waals surface area contributed by atoms with Gasteiger partial charge in [0.2, 0.25) is 0 Å². The highest BCUT2D eigenvalue weighted by Gasteiger charge is 2.25. The Balaban J connectivity index is 1.83. The van der Waals surface area contributed by atoms with E-state index in [1.807, 2.05) is 31.2 Å². The van der Waals surface area contributed by atoms with Gasteiger partial charge in [0.05, 0.1) is 23.3 Å². The number of nitrogens with one attached hydrogen (secondary N) is 1. The summed E-state index contributed by atoms with van der Waals surface area (Å²) in [7, 11) is 0. The zero-order chi connectivity index (χ0) is 24.1. The zero-order valence-electron chi connectivity index (χ0n) is 18.9. The standard InChI is InChI=1S/C27H21ClFN3O2/c1-14-6-7-17-11-18(26(28)31-22(17)9-14)13-32-23-12-21(29)15(2)10-20(23)24(25(32)16(3)33)19-5-4-8-30-27(19)34/h4-12H,13H2,1-3H3,(H,30,34). The topological polar surface area (TPSA) is 67.8 Å². The molecule has 0 aliphatic carbocycles. The predicted molar refractivity (Wildman–Crippen MR) is 133 cm³/mol. The van der Waals surface area contributed by atoms with Crippen molar-refractivity contribution in [3.63, 3.8) is 0 Å². The predicted octanol–water partition coefficient (Wildman–Crippen LogP) is 6.21. The molecule has 34 heavy (non-hydrogen) atoms. The number of aromatic nitrogens is 3. The minimum absolute atomic E-state index is 0.189. The number of carbonyl (C=O) groups excluding carboxylic acids is 1. The Morgan fingerprint density at radius 3 is 2.68 bits per heavy atom. The van der Waals surface area contributed by atoms with E-state index in [9.17, 15) is 14.0 Å². The van der Waals surface area contributed by atoms with Crippen molar-refractivity contribution in [2.45, 2.75) is 27.3 Å². The number of rotatable bonds is 4. The molecule has 0 bridgehead atoms. The van der Waals surface area contributed by atoms with Crippen molar-refractivity contribution < 1.29 is 9.18 Å². The van der Waals surface area contributed by atoms with Crippen LogP contribution in [0.4, 0.5) is 4.39 Å². The van der Waals surface area contributed by atoms with Crippen LogP contribution in [0.1, 0.15) is 34.1 Å². The van der Waals surface area contributed by atoms with Crippen LogP contribution in [0.2, 0.25) is 5.15 Å². The third-order valence-corrected chi connectivity index (χ3v) is 6.42. The van der Waals surface area contributed by atoms with Gasteiger partial charge in [-0.2, -0.15) is 0 Å². The van der Waals surface area contributed by atoms with Crippen LogP contribution in [0.25, 0.3) is 32.9 Å². The summed E-state index contributed by atoms with van der Waals surface area (Å²) in [5.41, 5.74) is 4.28. The monoisotopic (exact) mass is 473 g/mol. The highest BCUT2D eigenvalue weighted by atomic mass is 35.5. The molecule has 0 radical (unpaired) electrons. The average Bonchev–Trinajstić information content (AvgIpc) is 3.08. The van der Waals surface area contributed by atoms with Gasteiger partial charge in [0, 0.05) is 40.6 Å². The number of hydrogen-bond acceptors (Lipinski definition) is 3. The molecule has 3 aromatic heterocycles. The van der Waals surface area contributed by atoms with Crippen LogP contribution >= 0.6 is 11.6 Å². The maximum absolute atomic E-state index is 14.7. The Morgan fingerprint density at radius 1 is 1.15 bits per heavy atom. The average molecular weight is 474 g/mol. The summed E-state index contributed by atoms with van der Waals surface area (Å²) in [5.74, 6) is -0.638. The summed E-state index contributed by atoms with van der Waals surface area (Å²) >= 11 is 6.56. The first-order valence-corrected chi connectivity index (χ1v) is 11.2. The minimum atomic E-state index is -0.395. The van der Waals surface area contributed by atoms with Crippen molar-refractivity contribution in [1.82, 2.24) is 14.5 Å². The largest absolute Gasteiger partial charge is 0.333 e. The van der Waals surface area contributed by atoms with Gasteiger partial charge < -0.3 is 9.55 Å². The first-order valence-electron chi connectivity index (χ1n) is 10.8. The number of hydrogen-bond donors (Lipinski definition) is 1. The number of carbonyl (C=O) groups is 1. The number of halogens is 2. The number of Topliss-reactive ketones (excluding diaryl/α,β-unsaturated/α-hetero) is 1. The number of aromatic amines is 1. The molecule has 5 aromatic rings. The fourth-order valence-electron chi connectivity index (χ4n) is 4.48. The number of H-pyrrole nitrogens is 1. The van der Waals surface area contributed by atoms with Crippen molar-refractivity contribution >= 4 is 39.2 Å². The van der Waals surface area contributed by atoms with Crippen LogP contribution < -0.4 is 5.56 Å². The Labute approximate surface area is 199 Å². The Kier molecular flexibility index (Phi) is 5.33. The molecule has 0 fully saturated rings. The van der Waals surface area contributed by atoms with Gasteiger partial charge in [-0.25, -0.2) is 9.37 Å². The van der Waals surface area contributed by atoms with E-state index < -0.39 is 5.82 Å². The number of nitrogens with zero attached hydrogens (tertiary/aromatic N) is 2. The second-order valence-electron chi connectivity index (χ2n) is 8.53. The summed E-state index contributed by atoms with van der Waals surface area (Å²) < 4.78 is 16.4. The van der Waals surface area contributed by atoms with Gasteiger partial charge in [-0.05, 0) is 61.4 Å². The van der Waals surface area contributed by atoms with Crippen LogP contribution in [0.15, 0.2) is 59.5 Å². The van der Waals surface area contributed by atoms with E-state index in [-0.39, 0.29) is 17.9 Å². The van der Waals surface area contributed by atoms with Crippen molar-refractivity contribution in [3.8, 4) is 11.1 Å². The van der Waals surface area contributed by atoms with E-state index in [0.717, 1.165) is 16.5 Å². The molecule has 0 aliphatic rings. The molecule has 0 spiro atoms. The third kappa shape index (κ3) is 3.60. The Hall–Kier alpha value is -3.77. The number of pyridine rings is 2. The van der Waals surface area contributed by atoms with Gasteiger partial charge >= 0.3 is 0 Å². The molecule has 3 heterocycles. The first-order chi connectivity index (χ1) is 16.2. The van der Waals surface area contributed by atoms with Gasteiger partial charge in [-0.15, -0.1) is 0 Å². The van der Waals surface area contributed by atoms with Gasteiger partial charge in [-0.3, -0.25) is 9.59 Å². The Morgan fingerprint density at radius 2 is 1.94 bits per heavy atom. The summed E-state index contributed by atoms with van der Waals surface area (Å²) in [6.07, 6.45) is 1.53. The molecule has 5 rings (SSSR count). The van der Waals surface area contributed by atoms with E-state index in [4.69, 9.17) is 11.6 Å².